The van der Waals surface area contributed by atoms with Crippen molar-refractivity contribution in [3.8, 4) is 0 Å². The minimum Gasteiger partial charge on any atom is -0.341 e. The van der Waals surface area contributed by atoms with Gasteiger partial charge in [-0.25, -0.2) is 13.1 Å². The average molecular weight is 305 g/mol. The second kappa shape index (κ2) is 7.38. The van der Waals surface area contributed by atoms with E-state index in [1.165, 1.54) is 0 Å². The Hall–Kier alpha value is -0.660. The van der Waals surface area contributed by atoms with Gasteiger partial charge in [0.2, 0.25) is 15.9 Å². The number of hydrogen-bond donors (Lipinski definition) is 2. The Kier molecular flexibility index (Phi) is 6.42. The van der Waals surface area contributed by atoms with E-state index >= 15 is 0 Å². The number of nitrogens with zero attached hydrogens (tertiary/aromatic N) is 1. The molecule has 0 spiro atoms. The maximum atomic E-state index is 12.2. The van der Waals surface area contributed by atoms with Gasteiger partial charge in [0, 0.05) is 19.1 Å². The first-order valence-electron chi connectivity index (χ1n) is 7.35. The van der Waals surface area contributed by atoms with Gasteiger partial charge in [0.15, 0.2) is 0 Å². The summed E-state index contributed by atoms with van der Waals surface area (Å²) in [6, 6.07) is -0.521. The third-order valence-corrected chi connectivity index (χ3v) is 5.53. The highest BCUT2D eigenvalue weighted by molar-refractivity contribution is 7.89. The van der Waals surface area contributed by atoms with Crippen LogP contribution < -0.4 is 10.5 Å². The molecular formula is C13H27N3O3S. The summed E-state index contributed by atoms with van der Waals surface area (Å²) < 4.78 is 25.7. The second-order valence-electron chi connectivity index (χ2n) is 5.53. The largest absolute Gasteiger partial charge is 0.341 e. The van der Waals surface area contributed by atoms with Gasteiger partial charge in [0.1, 0.15) is 0 Å². The van der Waals surface area contributed by atoms with Crippen LogP contribution >= 0.6 is 0 Å². The molecular weight excluding hydrogens is 278 g/mol. The summed E-state index contributed by atoms with van der Waals surface area (Å²) in [5.41, 5.74) is 5.96. The van der Waals surface area contributed by atoms with E-state index in [0.29, 0.717) is 25.9 Å². The summed E-state index contributed by atoms with van der Waals surface area (Å²) >= 11 is 0. The summed E-state index contributed by atoms with van der Waals surface area (Å²) in [5, 5.41) is 0. The van der Waals surface area contributed by atoms with Crippen molar-refractivity contribution in [3.63, 3.8) is 0 Å². The molecule has 1 heterocycles. The Bertz CT molecular complexity index is 417. The van der Waals surface area contributed by atoms with E-state index in [9.17, 15) is 13.2 Å². The van der Waals surface area contributed by atoms with Crippen molar-refractivity contribution in [3.05, 3.63) is 0 Å². The number of nitrogens with one attached hydrogen (secondary N) is 1. The maximum Gasteiger partial charge on any atom is 0.239 e. The summed E-state index contributed by atoms with van der Waals surface area (Å²) in [7, 11) is -3.17. The van der Waals surface area contributed by atoms with E-state index in [4.69, 9.17) is 5.73 Å². The highest BCUT2D eigenvalue weighted by Crippen LogP contribution is 2.15. The molecule has 0 aromatic rings. The average Bonchev–Trinajstić information content (AvgIpc) is 2.45. The van der Waals surface area contributed by atoms with Crippen LogP contribution in [0.15, 0.2) is 0 Å². The summed E-state index contributed by atoms with van der Waals surface area (Å²) in [4.78, 5) is 14.0. The smallest absolute Gasteiger partial charge is 0.239 e. The Balaban J connectivity index is 2.48. The summed E-state index contributed by atoms with van der Waals surface area (Å²) in [6.07, 6.45) is 2.18. The quantitative estimate of drug-likeness (QED) is 0.737. The van der Waals surface area contributed by atoms with Gasteiger partial charge >= 0.3 is 0 Å². The van der Waals surface area contributed by atoms with Gasteiger partial charge in [-0.15, -0.1) is 0 Å². The van der Waals surface area contributed by atoms with Gasteiger partial charge in [0.05, 0.1) is 11.8 Å². The first-order chi connectivity index (χ1) is 9.30. The first-order valence-corrected chi connectivity index (χ1v) is 9.00. The van der Waals surface area contributed by atoms with E-state index in [0.717, 1.165) is 6.42 Å². The number of amides is 1. The Morgan fingerprint density at radius 2 is 1.90 bits per heavy atom. The van der Waals surface area contributed by atoms with Crippen LogP contribution in [0.1, 0.15) is 40.0 Å². The highest BCUT2D eigenvalue weighted by atomic mass is 32.2. The fourth-order valence-corrected chi connectivity index (χ4v) is 3.17. The molecule has 1 aliphatic rings. The van der Waals surface area contributed by atoms with Gasteiger partial charge in [-0.05, 0) is 25.7 Å². The third-order valence-electron chi connectivity index (χ3n) is 4.08. The number of rotatable bonds is 6. The van der Waals surface area contributed by atoms with Crippen molar-refractivity contribution in [2.24, 2.45) is 11.7 Å². The van der Waals surface area contributed by atoms with Crippen molar-refractivity contribution >= 4 is 15.9 Å². The number of hydrogen-bond acceptors (Lipinski definition) is 4. The second-order valence-corrected chi connectivity index (χ2v) is 7.57. The monoisotopic (exact) mass is 305 g/mol. The molecule has 7 heteroatoms. The third kappa shape index (κ3) is 4.71. The number of piperidine rings is 1. The molecule has 0 aliphatic carbocycles. The molecule has 1 rings (SSSR count). The molecule has 1 fully saturated rings. The highest BCUT2D eigenvalue weighted by Gasteiger charge is 2.29. The minimum atomic E-state index is -3.17. The van der Waals surface area contributed by atoms with Gasteiger partial charge in [-0.3, -0.25) is 4.79 Å². The van der Waals surface area contributed by atoms with Gasteiger partial charge in [-0.1, -0.05) is 20.3 Å². The number of carbonyl (C=O) groups is 1. The lowest BCUT2D eigenvalue weighted by molar-refractivity contribution is -0.134. The topological polar surface area (TPSA) is 92.5 Å². The molecule has 2 atom stereocenters. The standard InChI is InChI=1S/C13H27N3O3S/c1-4-10(3)12(14)13(17)16-8-6-11(7-9-16)15-20(18,19)5-2/h10-12,15H,4-9,14H2,1-3H3/t10?,12-/m0/s1. The molecule has 0 radical (unpaired) electrons. The minimum absolute atomic E-state index is 0.0175. The Morgan fingerprint density at radius 1 is 1.35 bits per heavy atom. The molecule has 0 aromatic carbocycles. The van der Waals surface area contributed by atoms with E-state index < -0.39 is 16.1 Å². The predicted octanol–water partition coefficient (Wildman–Crippen LogP) is 0.290. The van der Waals surface area contributed by atoms with Crippen molar-refractivity contribution in [2.75, 3.05) is 18.8 Å². The van der Waals surface area contributed by atoms with E-state index in [1.807, 2.05) is 13.8 Å². The molecule has 0 saturated carbocycles. The number of likely N-dealkylation sites (tertiary alicyclic amines) is 1. The SMILES string of the molecule is CCC(C)[C@H](N)C(=O)N1CCC(NS(=O)(=O)CC)CC1. The van der Waals surface area contributed by atoms with E-state index in [2.05, 4.69) is 4.72 Å². The normalized spacial score (nSPS) is 20.7. The van der Waals surface area contributed by atoms with Crippen molar-refractivity contribution in [1.82, 2.24) is 9.62 Å². The predicted molar refractivity (Wildman–Crippen MR) is 79.6 cm³/mol. The fraction of sp³-hybridized carbons (Fsp3) is 0.923. The van der Waals surface area contributed by atoms with Crippen LogP contribution in [-0.4, -0.2) is 50.2 Å². The number of sulfonamides is 1. The maximum absolute atomic E-state index is 12.2. The zero-order valence-corrected chi connectivity index (χ0v) is 13.4. The zero-order chi connectivity index (χ0) is 15.3. The van der Waals surface area contributed by atoms with Gasteiger partial charge in [0.25, 0.3) is 0 Å². The van der Waals surface area contributed by atoms with Crippen LogP contribution in [0.4, 0.5) is 0 Å². The van der Waals surface area contributed by atoms with Crippen LogP contribution in [0.5, 0.6) is 0 Å². The lowest BCUT2D eigenvalue weighted by Gasteiger charge is -2.34. The zero-order valence-electron chi connectivity index (χ0n) is 12.6. The lowest BCUT2D eigenvalue weighted by atomic mass is 9.97. The molecule has 3 N–H and O–H groups in total. The molecule has 0 aromatic heterocycles. The van der Waals surface area contributed by atoms with Crippen LogP contribution in [-0.2, 0) is 14.8 Å². The summed E-state index contributed by atoms with van der Waals surface area (Å²) in [5.74, 6) is 0.236. The molecule has 1 unspecified atom stereocenters. The Morgan fingerprint density at radius 3 is 2.35 bits per heavy atom. The van der Waals surface area contributed by atoms with Crippen molar-refractivity contribution < 1.29 is 13.2 Å². The van der Waals surface area contributed by atoms with Crippen molar-refractivity contribution in [1.29, 1.82) is 0 Å². The van der Waals surface area contributed by atoms with E-state index in [1.54, 1.807) is 11.8 Å². The summed E-state index contributed by atoms with van der Waals surface area (Å²) in [6.45, 7) is 6.75. The molecule has 20 heavy (non-hydrogen) atoms. The van der Waals surface area contributed by atoms with Crippen LogP contribution in [0.25, 0.3) is 0 Å². The number of nitrogens with two attached hydrogens (primary N) is 1. The Labute approximate surface area is 122 Å². The van der Waals surface area contributed by atoms with E-state index in [-0.39, 0.29) is 23.6 Å². The molecule has 1 saturated heterocycles. The lowest BCUT2D eigenvalue weighted by Crippen LogP contribution is -2.52. The van der Waals surface area contributed by atoms with Gasteiger partial charge in [-0.2, -0.15) is 0 Å². The number of carbonyl (C=O) groups excluding carboxylic acids is 1. The van der Waals surface area contributed by atoms with Crippen LogP contribution in [0, 0.1) is 5.92 Å². The molecule has 0 bridgehead atoms. The fourth-order valence-electron chi connectivity index (χ4n) is 2.26. The van der Waals surface area contributed by atoms with Gasteiger partial charge < -0.3 is 10.6 Å². The molecule has 1 amide bonds. The molecule has 1 aliphatic heterocycles. The van der Waals surface area contributed by atoms with Crippen molar-refractivity contribution in [2.45, 2.75) is 52.1 Å². The molecule has 118 valence electrons. The molecule has 6 nitrogen and oxygen atoms in total. The van der Waals surface area contributed by atoms with Crippen LogP contribution in [0.2, 0.25) is 0 Å². The van der Waals surface area contributed by atoms with Crippen LogP contribution in [0.3, 0.4) is 0 Å². The first kappa shape index (κ1) is 17.4.